The first-order valence-corrected chi connectivity index (χ1v) is 7.47. The van der Waals surface area contributed by atoms with E-state index in [0.29, 0.717) is 17.4 Å². The number of nitrogens with zero attached hydrogens (tertiary/aromatic N) is 1. The van der Waals surface area contributed by atoms with Gasteiger partial charge in [-0.1, -0.05) is 34.6 Å². The molecule has 0 aliphatic heterocycles. The van der Waals surface area contributed by atoms with Crippen molar-refractivity contribution in [2.45, 2.75) is 53.9 Å². The monoisotopic (exact) mass is 250 g/mol. The summed E-state index contributed by atoms with van der Waals surface area (Å²) >= 11 is 0. The van der Waals surface area contributed by atoms with Gasteiger partial charge in [0.25, 0.3) is 0 Å². The van der Waals surface area contributed by atoms with Gasteiger partial charge in [0.05, 0.1) is 6.54 Å². The van der Waals surface area contributed by atoms with Gasteiger partial charge in [-0.25, -0.2) is 0 Å². The minimum Gasteiger partial charge on any atom is -0.329 e. The smallest absolute Gasteiger partial charge is 0.0508 e. The zero-order valence-corrected chi connectivity index (χ0v) is 12.8. The van der Waals surface area contributed by atoms with Gasteiger partial charge in [0.15, 0.2) is 0 Å². The second-order valence-corrected chi connectivity index (χ2v) is 7.81. The number of fused-ring (bicyclic) bond motifs is 2. The Bertz CT molecular complexity index is 341. The quantitative estimate of drug-likeness (QED) is 0.762. The summed E-state index contributed by atoms with van der Waals surface area (Å²) in [6.45, 7) is 13.6. The predicted molar refractivity (Wildman–Crippen MR) is 78.9 cm³/mol. The van der Waals surface area contributed by atoms with Gasteiger partial charge in [-0.2, -0.15) is 0 Å². The highest BCUT2D eigenvalue weighted by Gasteiger charge is 2.62. The summed E-state index contributed by atoms with van der Waals surface area (Å²) in [7, 11) is 0. The normalized spacial score (nSPS) is 38.8. The molecule has 18 heavy (non-hydrogen) atoms. The fraction of sp³-hybridized carbons (Fsp3) is 0.938. The lowest BCUT2D eigenvalue weighted by atomic mass is 9.37. The lowest BCUT2D eigenvalue weighted by Gasteiger charge is -2.68. The van der Waals surface area contributed by atoms with Crippen molar-refractivity contribution >= 4 is 6.21 Å². The van der Waals surface area contributed by atoms with Gasteiger partial charge in [-0.05, 0) is 41.9 Å². The number of aliphatic imine (C=N–C) groups is 1. The van der Waals surface area contributed by atoms with Crippen LogP contribution in [0.15, 0.2) is 4.99 Å². The lowest BCUT2D eigenvalue weighted by molar-refractivity contribution is -0.177. The Morgan fingerprint density at radius 1 is 1.33 bits per heavy atom. The molecule has 0 aromatic rings. The van der Waals surface area contributed by atoms with Crippen molar-refractivity contribution < 1.29 is 0 Å². The van der Waals surface area contributed by atoms with E-state index in [1.807, 2.05) is 0 Å². The Morgan fingerprint density at radius 3 is 2.50 bits per heavy atom. The Labute approximate surface area is 112 Å². The van der Waals surface area contributed by atoms with Crippen molar-refractivity contribution in [1.82, 2.24) is 0 Å². The van der Waals surface area contributed by atoms with Crippen LogP contribution in [0, 0.1) is 28.1 Å². The number of hydrogen-bond acceptors (Lipinski definition) is 2. The van der Waals surface area contributed by atoms with Crippen molar-refractivity contribution in [1.29, 1.82) is 0 Å². The molecule has 2 nitrogen and oxygen atoms in total. The zero-order valence-electron chi connectivity index (χ0n) is 12.8. The minimum atomic E-state index is 0.176. The van der Waals surface area contributed by atoms with E-state index in [1.165, 1.54) is 19.3 Å². The maximum absolute atomic E-state index is 5.53. The van der Waals surface area contributed by atoms with Crippen molar-refractivity contribution in [3.8, 4) is 0 Å². The summed E-state index contributed by atoms with van der Waals surface area (Å²) < 4.78 is 0. The van der Waals surface area contributed by atoms with Gasteiger partial charge in [0.2, 0.25) is 0 Å². The molecule has 2 bridgehead atoms. The van der Waals surface area contributed by atoms with Gasteiger partial charge in [-0.3, -0.25) is 4.99 Å². The molecule has 2 heteroatoms. The molecule has 104 valence electrons. The standard InChI is InChI=1S/C16H30N2/c1-14(2,11-18-9-8-17)16(5)7-6-12-10-13(16)15(12,3)4/h11-13H,6-10,17H2,1-5H3. The summed E-state index contributed by atoms with van der Waals surface area (Å²) in [5.74, 6) is 1.82. The van der Waals surface area contributed by atoms with Crippen molar-refractivity contribution in [2.24, 2.45) is 38.8 Å². The third-order valence-corrected chi connectivity index (χ3v) is 6.40. The first-order valence-electron chi connectivity index (χ1n) is 7.47. The van der Waals surface area contributed by atoms with Crippen LogP contribution in [0.3, 0.4) is 0 Å². The summed E-state index contributed by atoms with van der Waals surface area (Å²) in [6, 6.07) is 0. The van der Waals surface area contributed by atoms with Gasteiger partial charge in [0, 0.05) is 18.2 Å². The molecular formula is C16H30N2. The summed E-state index contributed by atoms with van der Waals surface area (Å²) in [5.41, 5.74) is 6.64. The minimum absolute atomic E-state index is 0.176. The maximum Gasteiger partial charge on any atom is 0.0508 e. The molecule has 0 aromatic carbocycles. The summed E-state index contributed by atoms with van der Waals surface area (Å²) in [5, 5.41) is 0. The average molecular weight is 250 g/mol. The molecule has 0 aromatic heterocycles. The zero-order chi connectivity index (χ0) is 13.6. The van der Waals surface area contributed by atoms with E-state index >= 15 is 0 Å². The second-order valence-electron chi connectivity index (χ2n) is 7.81. The van der Waals surface area contributed by atoms with E-state index in [1.54, 1.807) is 0 Å². The van der Waals surface area contributed by atoms with E-state index in [0.717, 1.165) is 18.4 Å². The summed E-state index contributed by atoms with van der Waals surface area (Å²) in [4.78, 5) is 4.53. The molecule has 3 atom stereocenters. The molecule has 0 radical (unpaired) electrons. The van der Waals surface area contributed by atoms with Crippen LogP contribution in [0.2, 0.25) is 0 Å². The fourth-order valence-electron chi connectivity index (χ4n) is 4.52. The third kappa shape index (κ3) is 1.84. The molecular weight excluding hydrogens is 220 g/mol. The molecule has 0 amide bonds. The van der Waals surface area contributed by atoms with Crippen LogP contribution >= 0.6 is 0 Å². The molecule has 3 saturated carbocycles. The Kier molecular flexibility index (Phi) is 3.38. The molecule has 3 unspecified atom stereocenters. The van der Waals surface area contributed by atoms with E-state index in [2.05, 4.69) is 45.8 Å². The third-order valence-electron chi connectivity index (χ3n) is 6.40. The molecule has 3 aliphatic rings. The Morgan fingerprint density at radius 2 is 2.00 bits per heavy atom. The highest BCUT2D eigenvalue weighted by molar-refractivity contribution is 5.66. The van der Waals surface area contributed by atoms with Crippen LogP contribution in [0.1, 0.15) is 53.9 Å². The Hall–Kier alpha value is -0.370. The fourth-order valence-corrected chi connectivity index (χ4v) is 4.52. The molecule has 0 heterocycles. The predicted octanol–water partition coefficient (Wildman–Crippen LogP) is 3.50. The largest absolute Gasteiger partial charge is 0.329 e. The second kappa shape index (κ2) is 4.33. The first-order chi connectivity index (χ1) is 8.25. The van der Waals surface area contributed by atoms with Crippen LogP contribution in [0.4, 0.5) is 0 Å². The molecule has 2 N–H and O–H groups in total. The molecule has 0 saturated heterocycles. The van der Waals surface area contributed by atoms with Crippen molar-refractivity contribution in [2.75, 3.05) is 13.1 Å². The molecule has 3 rings (SSSR count). The first kappa shape index (κ1) is 14.0. The Balaban J connectivity index is 2.20. The SMILES string of the molecule is CC1(C)C2CCC(C)(C(C)(C)C=NCCN)C1C2. The van der Waals surface area contributed by atoms with E-state index in [4.69, 9.17) is 5.73 Å². The van der Waals surface area contributed by atoms with Gasteiger partial charge < -0.3 is 5.73 Å². The molecule has 0 spiro atoms. The van der Waals surface area contributed by atoms with Crippen LogP contribution in [0.5, 0.6) is 0 Å². The maximum atomic E-state index is 5.53. The van der Waals surface area contributed by atoms with Crippen LogP contribution in [-0.2, 0) is 0 Å². The topological polar surface area (TPSA) is 38.4 Å². The molecule has 3 fully saturated rings. The van der Waals surface area contributed by atoms with E-state index in [-0.39, 0.29) is 5.41 Å². The average Bonchev–Trinajstić information content (AvgIpc) is 2.28. The lowest BCUT2D eigenvalue weighted by Crippen LogP contribution is -2.61. The van der Waals surface area contributed by atoms with Crippen molar-refractivity contribution in [3.63, 3.8) is 0 Å². The van der Waals surface area contributed by atoms with E-state index < -0.39 is 0 Å². The van der Waals surface area contributed by atoms with Gasteiger partial charge in [0.1, 0.15) is 0 Å². The van der Waals surface area contributed by atoms with E-state index in [9.17, 15) is 0 Å². The van der Waals surface area contributed by atoms with Gasteiger partial charge >= 0.3 is 0 Å². The van der Waals surface area contributed by atoms with Crippen molar-refractivity contribution in [3.05, 3.63) is 0 Å². The number of hydrogen-bond donors (Lipinski definition) is 1. The van der Waals surface area contributed by atoms with Crippen LogP contribution in [-0.4, -0.2) is 19.3 Å². The molecule has 3 aliphatic carbocycles. The summed E-state index contributed by atoms with van der Waals surface area (Å²) in [6.07, 6.45) is 6.37. The highest BCUT2D eigenvalue weighted by atomic mass is 14.8. The van der Waals surface area contributed by atoms with Gasteiger partial charge in [-0.15, -0.1) is 0 Å². The highest BCUT2D eigenvalue weighted by Crippen LogP contribution is 2.69. The van der Waals surface area contributed by atoms with Crippen LogP contribution < -0.4 is 5.73 Å². The number of rotatable bonds is 4. The number of nitrogens with two attached hydrogens (primary N) is 1. The van der Waals surface area contributed by atoms with Crippen LogP contribution in [0.25, 0.3) is 0 Å².